The molecule has 4 heteroatoms. The lowest BCUT2D eigenvalue weighted by Gasteiger charge is -2.26. The zero-order chi connectivity index (χ0) is 23.8. The van der Waals surface area contributed by atoms with Crippen LogP contribution in [-0.2, 0) is 19.3 Å². The summed E-state index contributed by atoms with van der Waals surface area (Å²) in [6, 6.07) is 24.6. The fourth-order valence-electron chi connectivity index (χ4n) is 4.71. The van der Waals surface area contributed by atoms with Crippen LogP contribution in [0.3, 0.4) is 0 Å². The number of amides is 1. The molecule has 0 saturated carbocycles. The lowest BCUT2D eigenvalue weighted by atomic mass is 9.86. The van der Waals surface area contributed by atoms with Gasteiger partial charge in [0.25, 0.3) is 5.91 Å². The molecule has 3 aromatic carbocycles. The topological polar surface area (TPSA) is 41.1 Å². The van der Waals surface area contributed by atoms with Gasteiger partial charge in [-0.2, -0.15) is 0 Å². The summed E-state index contributed by atoms with van der Waals surface area (Å²) in [5, 5.41) is 6.14. The van der Waals surface area contributed by atoms with Crippen molar-refractivity contribution in [3.8, 4) is 11.1 Å². The van der Waals surface area contributed by atoms with Gasteiger partial charge in [-0.05, 0) is 91.4 Å². The van der Waals surface area contributed by atoms with E-state index in [4.69, 9.17) is 0 Å². The van der Waals surface area contributed by atoms with Crippen LogP contribution < -0.4 is 10.6 Å². The molecule has 3 nitrogen and oxygen atoms in total. The summed E-state index contributed by atoms with van der Waals surface area (Å²) < 4.78 is 14.5. The second-order valence-corrected chi connectivity index (χ2v) is 9.27. The molecule has 4 rings (SSSR count). The van der Waals surface area contributed by atoms with Crippen molar-refractivity contribution >= 4 is 5.91 Å². The molecule has 1 amide bonds. The highest BCUT2D eigenvalue weighted by Gasteiger charge is 2.18. The summed E-state index contributed by atoms with van der Waals surface area (Å²) in [6.07, 6.45) is 5.05. The molecule has 1 aliphatic carbocycles. The van der Waals surface area contributed by atoms with Crippen molar-refractivity contribution in [2.75, 3.05) is 6.54 Å². The van der Waals surface area contributed by atoms with E-state index < -0.39 is 6.30 Å². The molecule has 1 aliphatic rings. The number of aryl methyl sites for hydroxylation is 2. The van der Waals surface area contributed by atoms with E-state index in [1.165, 1.54) is 29.5 Å². The standard InChI is InChI=1S/C30H35FN2O/c1-2-19-32-28-18-17-26-20-22(11-12-27(26)21-28)7-6-10-29(31)33-30(34)25-15-13-24(14-16-25)23-8-4-3-5-9-23/h3-5,8-9,11-16,20,28-29,32H,2,6-7,10,17-19,21H2,1H3,(H,33,34)/t28-,29?/m0/s1. The van der Waals surface area contributed by atoms with Crippen LogP contribution in [0.25, 0.3) is 11.1 Å². The maximum Gasteiger partial charge on any atom is 0.253 e. The average molecular weight is 459 g/mol. The number of benzene rings is 3. The molecule has 1 unspecified atom stereocenters. The van der Waals surface area contributed by atoms with Crippen molar-refractivity contribution in [1.29, 1.82) is 0 Å². The number of rotatable bonds is 10. The number of nitrogens with one attached hydrogen (secondary N) is 2. The molecule has 2 N–H and O–H groups in total. The Kier molecular flexibility index (Phi) is 8.48. The van der Waals surface area contributed by atoms with E-state index in [1.807, 2.05) is 42.5 Å². The van der Waals surface area contributed by atoms with Gasteiger partial charge in [0.05, 0.1) is 0 Å². The molecule has 178 valence electrons. The monoisotopic (exact) mass is 458 g/mol. The van der Waals surface area contributed by atoms with E-state index >= 15 is 0 Å². The quantitative estimate of drug-likeness (QED) is 0.352. The summed E-state index contributed by atoms with van der Waals surface area (Å²) in [6.45, 7) is 3.28. The summed E-state index contributed by atoms with van der Waals surface area (Å²) >= 11 is 0. The van der Waals surface area contributed by atoms with Gasteiger partial charge in [-0.25, -0.2) is 4.39 Å². The molecule has 0 radical (unpaired) electrons. The van der Waals surface area contributed by atoms with Crippen LogP contribution in [-0.4, -0.2) is 24.8 Å². The molecule has 0 heterocycles. The van der Waals surface area contributed by atoms with Crippen LogP contribution in [0, 0.1) is 0 Å². The summed E-state index contributed by atoms with van der Waals surface area (Å²) in [4.78, 5) is 12.4. The van der Waals surface area contributed by atoms with Gasteiger partial charge in [0.1, 0.15) is 0 Å². The SMILES string of the molecule is CCCN[C@H]1CCc2cc(CCCC(F)NC(=O)c3ccc(-c4ccccc4)cc3)ccc2C1. The van der Waals surface area contributed by atoms with Crippen LogP contribution in [0.1, 0.15) is 59.7 Å². The Hall–Kier alpha value is -2.98. The number of fused-ring (bicyclic) bond motifs is 1. The Morgan fingerprint density at radius 1 is 1.00 bits per heavy atom. The van der Waals surface area contributed by atoms with E-state index in [0.29, 0.717) is 24.4 Å². The highest BCUT2D eigenvalue weighted by molar-refractivity contribution is 5.94. The first-order chi connectivity index (χ1) is 16.6. The fourth-order valence-corrected chi connectivity index (χ4v) is 4.71. The van der Waals surface area contributed by atoms with E-state index in [-0.39, 0.29) is 5.91 Å². The van der Waals surface area contributed by atoms with Crippen molar-refractivity contribution in [3.05, 3.63) is 95.1 Å². The molecular weight excluding hydrogens is 423 g/mol. The molecule has 3 aromatic rings. The van der Waals surface area contributed by atoms with Crippen molar-refractivity contribution in [3.63, 3.8) is 0 Å². The molecule has 0 aliphatic heterocycles. The minimum Gasteiger partial charge on any atom is -0.322 e. The fraction of sp³-hybridized carbons (Fsp3) is 0.367. The van der Waals surface area contributed by atoms with Gasteiger partial charge in [0.2, 0.25) is 0 Å². The first-order valence-electron chi connectivity index (χ1n) is 12.6. The van der Waals surface area contributed by atoms with Crippen LogP contribution in [0.2, 0.25) is 0 Å². The van der Waals surface area contributed by atoms with Crippen molar-refractivity contribution in [2.45, 2.75) is 64.2 Å². The second kappa shape index (κ2) is 11.9. The van der Waals surface area contributed by atoms with E-state index in [9.17, 15) is 9.18 Å². The normalized spacial score (nSPS) is 16.0. The minimum absolute atomic E-state index is 0.313. The Bertz CT molecular complexity index is 1060. The predicted octanol–water partition coefficient (Wildman–Crippen LogP) is 6.26. The Morgan fingerprint density at radius 2 is 1.76 bits per heavy atom. The highest BCUT2D eigenvalue weighted by atomic mass is 19.1. The molecule has 2 atom stereocenters. The smallest absolute Gasteiger partial charge is 0.253 e. The van der Waals surface area contributed by atoms with Gasteiger partial charge in [-0.3, -0.25) is 4.79 Å². The average Bonchev–Trinajstić information content (AvgIpc) is 2.88. The maximum atomic E-state index is 14.5. The Balaban J connectivity index is 1.22. The maximum absolute atomic E-state index is 14.5. The van der Waals surface area contributed by atoms with E-state index in [0.717, 1.165) is 36.9 Å². The predicted molar refractivity (Wildman–Crippen MR) is 138 cm³/mol. The van der Waals surface area contributed by atoms with Gasteiger partial charge in [-0.15, -0.1) is 0 Å². The zero-order valence-electron chi connectivity index (χ0n) is 20.0. The van der Waals surface area contributed by atoms with Gasteiger partial charge in [0.15, 0.2) is 6.30 Å². The van der Waals surface area contributed by atoms with Gasteiger partial charge < -0.3 is 10.6 Å². The van der Waals surface area contributed by atoms with Crippen molar-refractivity contribution < 1.29 is 9.18 Å². The molecule has 0 fully saturated rings. The Labute approximate surface area is 202 Å². The third kappa shape index (κ3) is 6.54. The van der Waals surface area contributed by atoms with Crippen molar-refractivity contribution in [1.82, 2.24) is 10.6 Å². The number of hydrogen-bond acceptors (Lipinski definition) is 2. The van der Waals surface area contributed by atoms with Crippen LogP contribution in [0.5, 0.6) is 0 Å². The molecule has 0 spiro atoms. The molecular formula is C30H35FN2O. The van der Waals surface area contributed by atoms with Crippen LogP contribution >= 0.6 is 0 Å². The number of carbonyl (C=O) groups is 1. The van der Waals surface area contributed by atoms with E-state index in [2.05, 4.69) is 35.8 Å². The van der Waals surface area contributed by atoms with Gasteiger partial charge in [0, 0.05) is 11.6 Å². The first-order valence-corrected chi connectivity index (χ1v) is 12.6. The summed E-state index contributed by atoms with van der Waals surface area (Å²) in [5.74, 6) is -0.368. The second-order valence-electron chi connectivity index (χ2n) is 9.27. The molecule has 0 saturated heterocycles. The Morgan fingerprint density at radius 3 is 2.53 bits per heavy atom. The number of hydrogen-bond donors (Lipinski definition) is 2. The first kappa shape index (κ1) is 24.2. The van der Waals surface area contributed by atoms with Gasteiger partial charge in [-0.1, -0.05) is 67.6 Å². The lowest BCUT2D eigenvalue weighted by molar-refractivity contribution is 0.0888. The van der Waals surface area contributed by atoms with Crippen LogP contribution in [0.4, 0.5) is 4.39 Å². The van der Waals surface area contributed by atoms with Crippen LogP contribution in [0.15, 0.2) is 72.8 Å². The number of alkyl halides is 1. The molecule has 0 aromatic heterocycles. The van der Waals surface area contributed by atoms with E-state index in [1.54, 1.807) is 12.1 Å². The number of carbonyl (C=O) groups excluding carboxylic acids is 1. The molecule has 34 heavy (non-hydrogen) atoms. The third-order valence-corrected chi connectivity index (χ3v) is 6.65. The van der Waals surface area contributed by atoms with Crippen molar-refractivity contribution in [2.24, 2.45) is 0 Å². The highest BCUT2D eigenvalue weighted by Crippen LogP contribution is 2.24. The molecule has 0 bridgehead atoms. The number of halogens is 1. The minimum atomic E-state index is -1.34. The zero-order valence-corrected chi connectivity index (χ0v) is 20.0. The van der Waals surface area contributed by atoms with Gasteiger partial charge >= 0.3 is 0 Å². The largest absolute Gasteiger partial charge is 0.322 e. The summed E-state index contributed by atoms with van der Waals surface area (Å²) in [7, 11) is 0. The lowest BCUT2D eigenvalue weighted by Crippen LogP contribution is -2.35. The third-order valence-electron chi connectivity index (χ3n) is 6.65. The summed E-state index contributed by atoms with van der Waals surface area (Å²) in [5.41, 5.74) is 6.74.